The highest BCUT2D eigenvalue weighted by molar-refractivity contribution is 5.84. The molecule has 1 saturated heterocycles. The normalized spacial score (nSPS) is 19.8. The lowest BCUT2D eigenvalue weighted by Crippen LogP contribution is -2.51. The second kappa shape index (κ2) is 14.9. The van der Waals surface area contributed by atoms with Gasteiger partial charge < -0.3 is 30.0 Å². The average molecular weight is 569 g/mol. The van der Waals surface area contributed by atoms with Crippen LogP contribution in [0.25, 0.3) is 0 Å². The Morgan fingerprint density at radius 2 is 1.72 bits per heavy atom. The molecule has 0 aromatic carbocycles. The number of alkyl halides is 3. The number of halogens is 3. The second-order valence-electron chi connectivity index (χ2n) is 10.8. The molecule has 0 bridgehead atoms. The van der Waals surface area contributed by atoms with E-state index in [0.717, 1.165) is 6.92 Å². The summed E-state index contributed by atoms with van der Waals surface area (Å²) in [5.74, 6) is -4.51. The Morgan fingerprint density at radius 1 is 1.10 bits per heavy atom. The zero-order chi connectivity index (χ0) is 30.1. The number of allylic oxidation sites excluding steroid dienone is 2. The molecule has 1 aliphatic rings. The number of carbonyl (C=O) groups excluding carboxylic acids is 3. The van der Waals surface area contributed by atoms with Gasteiger partial charge in [0.05, 0.1) is 36.7 Å². The van der Waals surface area contributed by atoms with Crippen LogP contribution in [0.2, 0.25) is 0 Å². The molecular formula is C25H43F3N4O7. The Hall–Kier alpha value is -2.26. The van der Waals surface area contributed by atoms with Crippen LogP contribution < -0.4 is 16.0 Å². The van der Waals surface area contributed by atoms with E-state index in [1.54, 1.807) is 39.5 Å². The molecule has 39 heavy (non-hydrogen) atoms. The highest BCUT2D eigenvalue weighted by atomic mass is 19.4. The summed E-state index contributed by atoms with van der Waals surface area (Å²) in [7, 11) is 0. The summed E-state index contributed by atoms with van der Waals surface area (Å²) < 4.78 is 56.0. The van der Waals surface area contributed by atoms with Crippen LogP contribution in [0.4, 0.5) is 13.2 Å². The molecule has 0 saturated carbocycles. The topological polar surface area (TPSA) is 138 Å². The number of aliphatic hydroxyl groups is 1. The van der Waals surface area contributed by atoms with E-state index in [0.29, 0.717) is 19.4 Å². The number of carbonyl (C=O) groups is 3. The van der Waals surface area contributed by atoms with Gasteiger partial charge in [0.2, 0.25) is 24.0 Å². The fraction of sp³-hybridized carbons (Fsp3) is 0.800. The molecule has 0 aliphatic carbocycles. The van der Waals surface area contributed by atoms with Crippen molar-refractivity contribution in [2.75, 3.05) is 19.9 Å². The Kier molecular flexibility index (Phi) is 13.3. The van der Waals surface area contributed by atoms with Crippen LogP contribution in [-0.4, -0.2) is 84.0 Å². The van der Waals surface area contributed by atoms with Crippen molar-refractivity contribution in [2.24, 2.45) is 5.92 Å². The van der Waals surface area contributed by atoms with Gasteiger partial charge in [0, 0.05) is 19.5 Å². The number of hydrogen-bond acceptors (Lipinski definition) is 9. The fourth-order valence-corrected chi connectivity index (χ4v) is 3.78. The van der Waals surface area contributed by atoms with Crippen molar-refractivity contribution in [2.45, 2.75) is 105 Å². The lowest BCUT2D eigenvalue weighted by atomic mass is 10.1. The third kappa shape index (κ3) is 12.6. The van der Waals surface area contributed by atoms with E-state index in [-0.39, 0.29) is 19.2 Å². The van der Waals surface area contributed by atoms with Crippen LogP contribution in [0.1, 0.15) is 68.2 Å². The lowest BCUT2D eigenvalue weighted by molar-refractivity contribution is -0.186. The summed E-state index contributed by atoms with van der Waals surface area (Å²) >= 11 is 0. The summed E-state index contributed by atoms with van der Waals surface area (Å²) in [5, 5.41) is 17.6. The van der Waals surface area contributed by atoms with Crippen molar-refractivity contribution >= 4 is 17.8 Å². The highest BCUT2D eigenvalue weighted by Crippen LogP contribution is 2.31. The molecule has 1 rings (SSSR count). The van der Waals surface area contributed by atoms with Gasteiger partial charge in [0.1, 0.15) is 0 Å². The molecule has 0 radical (unpaired) electrons. The zero-order valence-electron chi connectivity index (χ0n) is 23.9. The van der Waals surface area contributed by atoms with Crippen LogP contribution >= 0.6 is 0 Å². The van der Waals surface area contributed by atoms with E-state index < -0.39 is 65.6 Å². The van der Waals surface area contributed by atoms with E-state index in [1.807, 2.05) is 0 Å². The lowest BCUT2D eigenvalue weighted by Gasteiger charge is -2.27. The maximum atomic E-state index is 13.5. The fourth-order valence-electron chi connectivity index (χ4n) is 3.78. The first kappa shape index (κ1) is 34.8. The monoisotopic (exact) mass is 568 g/mol. The molecule has 11 nitrogen and oxygen atoms in total. The highest BCUT2D eigenvalue weighted by Gasteiger charge is 2.42. The minimum Gasteiger partial charge on any atom is -0.420 e. The average Bonchev–Trinajstić information content (AvgIpc) is 3.22. The summed E-state index contributed by atoms with van der Waals surface area (Å²) in [6, 6.07) is -1.91. The first-order chi connectivity index (χ1) is 17.8. The number of ether oxygens (including phenoxy) is 3. The molecule has 0 aromatic heterocycles. The molecule has 1 unspecified atom stereocenters. The number of nitrogens with zero attached hydrogens (tertiary/aromatic N) is 1. The number of esters is 1. The number of nitrogens with one attached hydrogen (secondary N) is 3. The van der Waals surface area contributed by atoms with Gasteiger partial charge >= 0.3 is 12.1 Å². The van der Waals surface area contributed by atoms with Crippen LogP contribution in [0.3, 0.4) is 0 Å². The molecule has 1 aliphatic heterocycles. The molecular weight excluding hydrogens is 525 g/mol. The van der Waals surface area contributed by atoms with Gasteiger partial charge in [-0.3, -0.25) is 24.6 Å². The smallest absolute Gasteiger partial charge is 0.420 e. The summed E-state index contributed by atoms with van der Waals surface area (Å²) in [4.78, 5) is 38.3. The molecule has 1 heterocycles. The summed E-state index contributed by atoms with van der Waals surface area (Å²) in [5.41, 5.74) is -1.13. The maximum absolute atomic E-state index is 13.5. The Labute approximate surface area is 227 Å². The number of aliphatic hydroxyl groups excluding tert-OH is 1. The van der Waals surface area contributed by atoms with E-state index in [9.17, 15) is 32.7 Å². The SMILES string of the molecule is CC(=O)O/C(=C(/NC(=O)[C@@H]1CCCN1COC[C@H](C)NC(=O)[C@H](C)NC(O)OC(C)(C)C)C(C)C)C(F)(F)F. The molecule has 226 valence electrons. The van der Waals surface area contributed by atoms with Crippen LogP contribution in [0, 0.1) is 5.92 Å². The third-order valence-corrected chi connectivity index (χ3v) is 5.51. The van der Waals surface area contributed by atoms with Gasteiger partial charge in [-0.2, -0.15) is 13.2 Å². The minimum atomic E-state index is -4.97. The maximum Gasteiger partial charge on any atom is 0.451 e. The molecule has 1 fully saturated rings. The third-order valence-electron chi connectivity index (χ3n) is 5.51. The quantitative estimate of drug-likeness (QED) is 0.150. The van der Waals surface area contributed by atoms with E-state index >= 15 is 0 Å². The van der Waals surface area contributed by atoms with Crippen molar-refractivity contribution in [3.63, 3.8) is 0 Å². The number of rotatable bonds is 13. The molecule has 4 atom stereocenters. The van der Waals surface area contributed by atoms with Gasteiger partial charge in [0.15, 0.2) is 0 Å². The first-order valence-electron chi connectivity index (χ1n) is 12.9. The zero-order valence-corrected chi connectivity index (χ0v) is 23.9. The molecule has 2 amide bonds. The number of hydrogen-bond donors (Lipinski definition) is 4. The number of likely N-dealkylation sites (tertiary alicyclic amines) is 1. The summed E-state index contributed by atoms with van der Waals surface area (Å²) in [6.07, 6.45) is -5.26. The largest absolute Gasteiger partial charge is 0.451 e. The Bertz CT molecular complexity index is 875. The van der Waals surface area contributed by atoms with Crippen molar-refractivity contribution in [1.29, 1.82) is 0 Å². The second-order valence-corrected chi connectivity index (χ2v) is 10.8. The Morgan fingerprint density at radius 3 is 2.23 bits per heavy atom. The predicted molar refractivity (Wildman–Crippen MR) is 135 cm³/mol. The minimum absolute atomic E-state index is 0.0149. The predicted octanol–water partition coefficient (Wildman–Crippen LogP) is 2.11. The van der Waals surface area contributed by atoms with Gasteiger partial charge in [-0.05, 0) is 53.4 Å². The van der Waals surface area contributed by atoms with Gasteiger partial charge in [-0.1, -0.05) is 13.8 Å². The number of amides is 2. The van der Waals surface area contributed by atoms with Crippen molar-refractivity contribution < 1.29 is 46.9 Å². The van der Waals surface area contributed by atoms with E-state index in [1.165, 1.54) is 13.8 Å². The van der Waals surface area contributed by atoms with Gasteiger partial charge in [0.25, 0.3) is 0 Å². The van der Waals surface area contributed by atoms with E-state index in [4.69, 9.17) is 9.47 Å². The van der Waals surface area contributed by atoms with Crippen LogP contribution in [-0.2, 0) is 28.6 Å². The first-order valence-corrected chi connectivity index (χ1v) is 12.9. The molecule has 0 spiro atoms. The molecule has 14 heteroatoms. The molecule has 0 aromatic rings. The molecule has 4 N–H and O–H groups in total. The van der Waals surface area contributed by atoms with Crippen LogP contribution in [0.5, 0.6) is 0 Å². The van der Waals surface area contributed by atoms with Crippen molar-refractivity contribution in [1.82, 2.24) is 20.9 Å². The summed E-state index contributed by atoms with van der Waals surface area (Å²) in [6.45, 7) is 12.9. The van der Waals surface area contributed by atoms with Gasteiger partial charge in [-0.15, -0.1) is 0 Å². The van der Waals surface area contributed by atoms with Crippen molar-refractivity contribution in [3.05, 3.63) is 11.5 Å². The standard InChI is InChI=1S/C25H43F3N4O7/c1-14(2)19(20(25(26,27)28)38-17(5)33)31-22(35)18-10-9-11-32(18)13-37-12-15(3)29-21(34)16(4)30-23(36)39-24(6,7)8/h14-16,18,23,30,36H,9-13H2,1-8H3,(H,29,34)(H,31,35)/b20-19+/t15-,16-,18-,23?/m0/s1. The Balaban J connectivity index is 2.69. The van der Waals surface area contributed by atoms with E-state index in [2.05, 4.69) is 20.7 Å². The van der Waals surface area contributed by atoms with Crippen LogP contribution in [0.15, 0.2) is 11.5 Å². The van der Waals surface area contributed by atoms with Crippen molar-refractivity contribution in [3.8, 4) is 0 Å². The van der Waals surface area contributed by atoms with Gasteiger partial charge in [-0.25, -0.2) is 0 Å².